The van der Waals surface area contributed by atoms with Crippen LogP contribution in [0.15, 0.2) is 77.9 Å². The lowest BCUT2D eigenvalue weighted by Crippen LogP contribution is -2.22. The Morgan fingerprint density at radius 2 is 1.80 bits per heavy atom. The average Bonchev–Trinajstić information content (AvgIpc) is 3.63. The summed E-state index contributed by atoms with van der Waals surface area (Å²) in [4.78, 5) is 25.5. The molecule has 2 aromatic heterocycles. The van der Waals surface area contributed by atoms with Gasteiger partial charge in [0.2, 0.25) is 0 Å². The van der Waals surface area contributed by atoms with Crippen LogP contribution < -0.4 is 16.2 Å². The fourth-order valence-electron chi connectivity index (χ4n) is 5.31. The first-order valence-corrected chi connectivity index (χ1v) is 13.1. The molecule has 0 radical (unpaired) electrons. The van der Waals surface area contributed by atoms with Crippen molar-refractivity contribution in [2.75, 3.05) is 20.2 Å². The molecule has 10 heteroatoms. The number of hydrogen-bond acceptors (Lipinski definition) is 7. The number of nitrogens with zero attached hydrogens (tertiary/aromatic N) is 5. The zero-order valence-corrected chi connectivity index (χ0v) is 22.1. The number of nitrogens with two attached hydrogens (primary N) is 1. The van der Waals surface area contributed by atoms with Gasteiger partial charge in [-0.05, 0) is 79.0 Å². The van der Waals surface area contributed by atoms with Gasteiger partial charge in [0.1, 0.15) is 35.7 Å². The largest absolute Gasteiger partial charge is 0.497 e. The molecule has 0 aliphatic carbocycles. The van der Waals surface area contributed by atoms with Crippen molar-refractivity contribution in [3.63, 3.8) is 0 Å². The summed E-state index contributed by atoms with van der Waals surface area (Å²) < 4.78 is 23.6. The highest BCUT2D eigenvalue weighted by molar-refractivity contribution is 5.79. The number of likely N-dealkylation sites (tertiary alicyclic amines) is 1. The number of benzene rings is 3. The zero-order valence-electron chi connectivity index (χ0n) is 22.1. The van der Waals surface area contributed by atoms with E-state index in [1.165, 1.54) is 34.5 Å². The van der Waals surface area contributed by atoms with Gasteiger partial charge in [0, 0.05) is 6.54 Å². The van der Waals surface area contributed by atoms with Crippen molar-refractivity contribution < 1.29 is 14.0 Å². The molecule has 0 bridgehead atoms. The smallest absolute Gasteiger partial charge is 0.284 e. The van der Waals surface area contributed by atoms with Crippen molar-refractivity contribution in [1.82, 2.24) is 24.2 Å². The van der Waals surface area contributed by atoms with Crippen LogP contribution in [-0.4, -0.2) is 44.4 Å². The Hall–Kier alpha value is -4.38. The second-order valence-corrected chi connectivity index (χ2v) is 9.79. The zero-order chi connectivity index (χ0) is 27.6. The Balaban J connectivity index is 1.42. The molecule has 204 valence electrons. The number of halogens is 1. The maximum absolute atomic E-state index is 15.7. The fourth-order valence-corrected chi connectivity index (χ4v) is 5.31. The van der Waals surface area contributed by atoms with Gasteiger partial charge in [-0.15, -0.1) is 0 Å². The monoisotopic (exact) mass is 540 g/mol. The Morgan fingerprint density at radius 1 is 1.02 bits per heavy atom. The first kappa shape index (κ1) is 25.9. The molecule has 1 aliphatic rings. The average molecular weight is 541 g/mol. The van der Waals surface area contributed by atoms with E-state index in [1.807, 2.05) is 24.3 Å². The van der Waals surface area contributed by atoms with Gasteiger partial charge in [-0.1, -0.05) is 30.3 Å². The predicted molar refractivity (Wildman–Crippen MR) is 150 cm³/mol. The lowest BCUT2D eigenvalue weighted by molar-refractivity contribution is 0.122. The Labute approximate surface area is 230 Å². The van der Waals surface area contributed by atoms with Crippen molar-refractivity contribution >= 4 is 11.0 Å². The van der Waals surface area contributed by atoms with E-state index in [-0.39, 0.29) is 17.8 Å². The SMILES string of the molecule is COc1ccc(-n2nc(CON)c3ncn(-c4ccc(-c5ccccc5CN5CCCC5)cc4F)c(=O)c32)cc1. The summed E-state index contributed by atoms with van der Waals surface area (Å²) in [5.74, 6) is 5.43. The van der Waals surface area contributed by atoms with Gasteiger partial charge in [0.25, 0.3) is 5.56 Å². The minimum absolute atomic E-state index is 0.0456. The molecule has 3 aromatic carbocycles. The number of aromatic nitrogens is 4. The van der Waals surface area contributed by atoms with E-state index in [2.05, 4.69) is 21.0 Å². The molecule has 5 aromatic rings. The van der Waals surface area contributed by atoms with Crippen LogP contribution in [0, 0.1) is 5.82 Å². The third-order valence-corrected chi connectivity index (χ3v) is 7.32. The molecule has 1 aliphatic heterocycles. The minimum atomic E-state index is -0.530. The van der Waals surface area contributed by atoms with Gasteiger partial charge >= 0.3 is 0 Å². The standard InChI is InChI=1S/C30H29FN6O3/c1-39-23-11-9-22(10-12-23)37-29-28(26(34-37)18-40-32)33-19-36(30(29)38)27-13-8-20(16-25(27)31)24-7-3-2-6-21(24)17-35-14-4-5-15-35/h2-3,6-13,16,19H,4-5,14-15,17-18,32H2,1H3. The van der Waals surface area contributed by atoms with E-state index in [9.17, 15) is 4.79 Å². The summed E-state index contributed by atoms with van der Waals surface area (Å²) in [6.07, 6.45) is 3.72. The molecule has 0 amide bonds. The first-order valence-electron chi connectivity index (χ1n) is 13.1. The van der Waals surface area contributed by atoms with E-state index in [4.69, 9.17) is 15.5 Å². The number of hydrogen-bond donors (Lipinski definition) is 1. The van der Waals surface area contributed by atoms with E-state index >= 15 is 4.39 Å². The van der Waals surface area contributed by atoms with Crippen molar-refractivity contribution in [2.45, 2.75) is 26.0 Å². The molecule has 0 saturated carbocycles. The summed E-state index contributed by atoms with van der Waals surface area (Å²) in [5.41, 5.74) is 4.01. The topological polar surface area (TPSA) is 100 Å². The summed E-state index contributed by atoms with van der Waals surface area (Å²) >= 11 is 0. The molecule has 1 fully saturated rings. The maximum atomic E-state index is 15.7. The number of fused-ring (bicyclic) bond motifs is 1. The van der Waals surface area contributed by atoms with Gasteiger partial charge in [0.05, 0.1) is 18.5 Å². The molecular weight excluding hydrogens is 511 g/mol. The summed E-state index contributed by atoms with van der Waals surface area (Å²) in [5, 5.41) is 4.53. The van der Waals surface area contributed by atoms with Crippen LogP contribution in [0.3, 0.4) is 0 Å². The fraction of sp³-hybridized carbons (Fsp3) is 0.233. The van der Waals surface area contributed by atoms with Crippen molar-refractivity contribution in [3.8, 4) is 28.3 Å². The maximum Gasteiger partial charge on any atom is 0.284 e. The summed E-state index contributed by atoms with van der Waals surface area (Å²) in [6, 6.07) is 20.1. The van der Waals surface area contributed by atoms with Gasteiger partial charge in [-0.25, -0.2) is 20.0 Å². The molecule has 40 heavy (non-hydrogen) atoms. The molecule has 2 N–H and O–H groups in total. The van der Waals surface area contributed by atoms with Crippen LogP contribution in [-0.2, 0) is 18.0 Å². The van der Waals surface area contributed by atoms with Crippen LogP contribution in [0.25, 0.3) is 33.5 Å². The molecular formula is C30H29FN6O3. The number of ether oxygens (including phenoxy) is 1. The van der Waals surface area contributed by atoms with E-state index in [1.54, 1.807) is 37.4 Å². The number of rotatable bonds is 8. The quantitative estimate of drug-likeness (QED) is 0.292. The molecule has 1 saturated heterocycles. The van der Waals surface area contributed by atoms with E-state index in [0.29, 0.717) is 22.6 Å². The highest BCUT2D eigenvalue weighted by atomic mass is 19.1. The Kier molecular flexibility index (Phi) is 7.12. The van der Waals surface area contributed by atoms with Gasteiger partial charge < -0.3 is 4.74 Å². The molecule has 3 heterocycles. The van der Waals surface area contributed by atoms with Crippen molar-refractivity contribution in [1.29, 1.82) is 0 Å². The first-order chi connectivity index (χ1) is 19.6. The third kappa shape index (κ3) is 4.77. The highest BCUT2D eigenvalue weighted by Crippen LogP contribution is 2.29. The lowest BCUT2D eigenvalue weighted by Gasteiger charge is -2.18. The normalized spacial score (nSPS) is 13.8. The molecule has 0 spiro atoms. The second kappa shape index (κ2) is 11.0. The van der Waals surface area contributed by atoms with Gasteiger partial charge in [-0.2, -0.15) is 5.10 Å². The van der Waals surface area contributed by atoms with Crippen LogP contribution in [0.2, 0.25) is 0 Å². The third-order valence-electron chi connectivity index (χ3n) is 7.32. The van der Waals surface area contributed by atoms with Crippen LogP contribution >= 0.6 is 0 Å². The highest BCUT2D eigenvalue weighted by Gasteiger charge is 2.21. The van der Waals surface area contributed by atoms with E-state index < -0.39 is 11.4 Å². The Morgan fingerprint density at radius 3 is 2.52 bits per heavy atom. The van der Waals surface area contributed by atoms with Crippen molar-refractivity contribution in [2.24, 2.45) is 5.90 Å². The lowest BCUT2D eigenvalue weighted by atomic mass is 9.99. The van der Waals surface area contributed by atoms with Crippen molar-refractivity contribution in [3.05, 3.63) is 100 Å². The molecule has 0 atom stereocenters. The molecule has 6 rings (SSSR count). The number of methoxy groups -OCH3 is 1. The van der Waals surface area contributed by atoms with E-state index in [0.717, 1.165) is 36.3 Å². The molecule has 0 unspecified atom stereocenters. The second-order valence-electron chi connectivity index (χ2n) is 9.79. The Bertz CT molecular complexity index is 1720. The van der Waals surface area contributed by atoms with Crippen LogP contribution in [0.1, 0.15) is 24.1 Å². The van der Waals surface area contributed by atoms with Crippen LogP contribution in [0.5, 0.6) is 5.75 Å². The predicted octanol–water partition coefficient (Wildman–Crippen LogP) is 4.37. The summed E-state index contributed by atoms with van der Waals surface area (Å²) in [7, 11) is 1.57. The molecule has 9 nitrogen and oxygen atoms in total. The minimum Gasteiger partial charge on any atom is -0.497 e. The van der Waals surface area contributed by atoms with Gasteiger partial charge in [-0.3, -0.25) is 19.1 Å². The van der Waals surface area contributed by atoms with Gasteiger partial charge in [0.15, 0.2) is 5.52 Å². The summed E-state index contributed by atoms with van der Waals surface area (Å²) in [6.45, 7) is 2.93. The van der Waals surface area contributed by atoms with Crippen LogP contribution in [0.4, 0.5) is 4.39 Å².